The van der Waals surface area contributed by atoms with Crippen molar-refractivity contribution in [1.29, 1.82) is 0 Å². The highest BCUT2D eigenvalue weighted by molar-refractivity contribution is 5.79. The van der Waals surface area contributed by atoms with Gasteiger partial charge in [-0.2, -0.15) is 0 Å². The summed E-state index contributed by atoms with van der Waals surface area (Å²) in [5.41, 5.74) is 6.71. The monoisotopic (exact) mass is 200 g/mol. The predicted octanol–water partition coefficient (Wildman–Crippen LogP) is 2.55. The topological polar surface area (TPSA) is 30.9 Å². The standard InChI is InChI=1S/C13H16N2/c14-9-4-1-5-10-15-11-8-12-6-2-3-7-13(12)15/h1-3,5-8,11H,4,9-10,14H2. The average molecular weight is 200 g/mol. The zero-order valence-electron chi connectivity index (χ0n) is 8.76. The van der Waals surface area contributed by atoms with E-state index in [1.165, 1.54) is 10.9 Å². The number of aromatic nitrogens is 1. The first-order valence-corrected chi connectivity index (χ1v) is 5.31. The minimum Gasteiger partial charge on any atom is -0.344 e. The highest BCUT2D eigenvalue weighted by atomic mass is 14.9. The maximum atomic E-state index is 5.42. The minimum atomic E-state index is 0.725. The molecule has 2 aromatic rings. The maximum absolute atomic E-state index is 5.42. The number of allylic oxidation sites excluding steroid dienone is 1. The normalized spacial score (nSPS) is 11.5. The molecule has 2 rings (SSSR count). The number of rotatable bonds is 4. The first-order valence-electron chi connectivity index (χ1n) is 5.31. The van der Waals surface area contributed by atoms with Crippen LogP contribution < -0.4 is 5.73 Å². The highest BCUT2D eigenvalue weighted by Gasteiger charge is 1.96. The van der Waals surface area contributed by atoms with E-state index in [1.807, 2.05) is 0 Å². The first kappa shape index (κ1) is 9.99. The Hall–Kier alpha value is -1.54. The van der Waals surface area contributed by atoms with Gasteiger partial charge in [-0.3, -0.25) is 0 Å². The van der Waals surface area contributed by atoms with E-state index in [0.29, 0.717) is 0 Å². The lowest BCUT2D eigenvalue weighted by Gasteiger charge is -2.00. The molecule has 2 N–H and O–H groups in total. The van der Waals surface area contributed by atoms with Crippen molar-refractivity contribution in [2.24, 2.45) is 5.73 Å². The van der Waals surface area contributed by atoms with E-state index in [4.69, 9.17) is 5.73 Å². The Labute approximate surface area is 90.0 Å². The fraction of sp³-hybridized carbons (Fsp3) is 0.231. The summed E-state index contributed by atoms with van der Waals surface area (Å²) >= 11 is 0. The SMILES string of the molecule is NCCC=CCn1ccc2ccccc21. The summed E-state index contributed by atoms with van der Waals surface area (Å²) in [6.45, 7) is 1.65. The molecule has 0 aliphatic heterocycles. The number of nitrogens with zero attached hydrogens (tertiary/aromatic N) is 1. The summed E-state index contributed by atoms with van der Waals surface area (Å²) in [7, 11) is 0. The molecule has 0 amide bonds. The molecular formula is C13H16N2. The smallest absolute Gasteiger partial charge is 0.0483 e. The van der Waals surface area contributed by atoms with Crippen LogP contribution in [0.15, 0.2) is 48.7 Å². The Kier molecular flexibility index (Phi) is 3.20. The van der Waals surface area contributed by atoms with Crippen molar-refractivity contribution in [2.75, 3.05) is 6.54 Å². The lowest BCUT2D eigenvalue weighted by atomic mass is 10.2. The van der Waals surface area contributed by atoms with Crippen LogP contribution in [0.4, 0.5) is 0 Å². The number of hydrogen-bond donors (Lipinski definition) is 1. The van der Waals surface area contributed by atoms with Gasteiger partial charge in [-0.25, -0.2) is 0 Å². The van der Waals surface area contributed by atoms with Crippen LogP contribution >= 0.6 is 0 Å². The summed E-state index contributed by atoms with van der Waals surface area (Å²) in [5.74, 6) is 0. The molecule has 1 aromatic carbocycles. The number of nitrogens with two attached hydrogens (primary N) is 1. The van der Waals surface area contributed by atoms with Gasteiger partial charge < -0.3 is 10.3 Å². The van der Waals surface area contributed by atoms with Crippen LogP contribution in [0.5, 0.6) is 0 Å². The Balaban J connectivity index is 2.14. The fourth-order valence-electron chi connectivity index (χ4n) is 1.70. The van der Waals surface area contributed by atoms with E-state index in [9.17, 15) is 0 Å². The molecule has 15 heavy (non-hydrogen) atoms. The van der Waals surface area contributed by atoms with Gasteiger partial charge in [0.15, 0.2) is 0 Å². The van der Waals surface area contributed by atoms with Crippen LogP contribution in [0.1, 0.15) is 6.42 Å². The molecule has 0 aliphatic carbocycles. The number of fused-ring (bicyclic) bond motifs is 1. The van der Waals surface area contributed by atoms with E-state index < -0.39 is 0 Å². The van der Waals surface area contributed by atoms with Crippen LogP contribution in [0.25, 0.3) is 10.9 Å². The molecule has 1 heterocycles. The summed E-state index contributed by atoms with van der Waals surface area (Å²) in [5, 5.41) is 1.30. The maximum Gasteiger partial charge on any atom is 0.0483 e. The van der Waals surface area contributed by atoms with Crippen molar-refractivity contribution in [3.63, 3.8) is 0 Å². The second-order valence-corrected chi connectivity index (χ2v) is 3.58. The van der Waals surface area contributed by atoms with Crippen molar-refractivity contribution in [3.8, 4) is 0 Å². The molecule has 1 aromatic heterocycles. The van der Waals surface area contributed by atoms with Gasteiger partial charge in [0.1, 0.15) is 0 Å². The third-order valence-corrected chi connectivity index (χ3v) is 2.48. The second-order valence-electron chi connectivity index (χ2n) is 3.58. The van der Waals surface area contributed by atoms with Gasteiger partial charge in [0.05, 0.1) is 0 Å². The third-order valence-electron chi connectivity index (χ3n) is 2.48. The van der Waals surface area contributed by atoms with E-state index in [2.05, 4.69) is 53.2 Å². The molecule has 0 radical (unpaired) electrons. The lowest BCUT2D eigenvalue weighted by Crippen LogP contribution is -1.96. The van der Waals surface area contributed by atoms with E-state index in [1.54, 1.807) is 0 Å². The Morgan fingerprint density at radius 2 is 2.00 bits per heavy atom. The van der Waals surface area contributed by atoms with Gasteiger partial charge >= 0.3 is 0 Å². The largest absolute Gasteiger partial charge is 0.344 e. The van der Waals surface area contributed by atoms with Gasteiger partial charge in [-0.05, 0) is 30.5 Å². The zero-order chi connectivity index (χ0) is 10.5. The van der Waals surface area contributed by atoms with E-state index in [0.717, 1.165) is 19.5 Å². The fourth-order valence-corrected chi connectivity index (χ4v) is 1.70. The average Bonchev–Trinajstić information content (AvgIpc) is 2.68. The summed E-state index contributed by atoms with van der Waals surface area (Å²) in [4.78, 5) is 0. The molecule has 2 heteroatoms. The van der Waals surface area contributed by atoms with Gasteiger partial charge in [-0.1, -0.05) is 30.4 Å². The van der Waals surface area contributed by atoms with Crippen LogP contribution in [0.2, 0.25) is 0 Å². The molecule has 0 unspecified atom stereocenters. The minimum absolute atomic E-state index is 0.725. The molecule has 0 spiro atoms. The van der Waals surface area contributed by atoms with Gasteiger partial charge in [0.25, 0.3) is 0 Å². The molecule has 0 saturated heterocycles. The number of para-hydroxylation sites is 1. The molecule has 0 atom stereocenters. The van der Waals surface area contributed by atoms with Crippen molar-refractivity contribution in [1.82, 2.24) is 4.57 Å². The first-order chi connectivity index (χ1) is 7.42. The van der Waals surface area contributed by atoms with Gasteiger partial charge in [0.2, 0.25) is 0 Å². The summed E-state index contributed by atoms with van der Waals surface area (Å²) in [6, 6.07) is 10.6. The second kappa shape index (κ2) is 4.80. The van der Waals surface area contributed by atoms with Crippen LogP contribution in [0.3, 0.4) is 0 Å². The van der Waals surface area contributed by atoms with E-state index >= 15 is 0 Å². The molecule has 0 saturated carbocycles. The Morgan fingerprint density at radius 3 is 2.87 bits per heavy atom. The molecule has 78 valence electrons. The Morgan fingerprint density at radius 1 is 1.13 bits per heavy atom. The highest BCUT2D eigenvalue weighted by Crippen LogP contribution is 2.14. The molecule has 0 bridgehead atoms. The number of hydrogen-bond acceptors (Lipinski definition) is 1. The Bertz CT molecular complexity index is 454. The zero-order valence-corrected chi connectivity index (χ0v) is 8.76. The van der Waals surface area contributed by atoms with Crippen molar-refractivity contribution in [2.45, 2.75) is 13.0 Å². The van der Waals surface area contributed by atoms with Crippen molar-refractivity contribution < 1.29 is 0 Å². The third kappa shape index (κ3) is 2.28. The van der Waals surface area contributed by atoms with Crippen LogP contribution in [-0.2, 0) is 6.54 Å². The molecule has 0 aliphatic rings. The van der Waals surface area contributed by atoms with Gasteiger partial charge in [-0.15, -0.1) is 0 Å². The number of benzene rings is 1. The summed E-state index contributed by atoms with van der Waals surface area (Å²) < 4.78 is 2.24. The van der Waals surface area contributed by atoms with E-state index in [-0.39, 0.29) is 0 Å². The molecule has 0 fully saturated rings. The van der Waals surface area contributed by atoms with Crippen molar-refractivity contribution in [3.05, 3.63) is 48.7 Å². The summed E-state index contributed by atoms with van der Waals surface area (Å²) in [6.07, 6.45) is 7.38. The predicted molar refractivity (Wildman–Crippen MR) is 64.7 cm³/mol. The molecular weight excluding hydrogens is 184 g/mol. The van der Waals surface area contributed by atoms with Gasteiger partial charge in [0, 0.05) is 18.3 Å². The molecule has 2 nitrogen and oxygen atoms in total. The van der Waals surface area contributed by atoms with Crippen LogP contribution in [-0.4, -0.2) is 11.1 Å². The lowest BCUT2D eigenvalue weighted by molar-refractivity contribution is 0.856. The van der Waals surface area contributed by atoms with Crippen molar-refractivity contribution >= 4 is 10.9 Å². The van der Waals surface area contributed by atoms with Crippen LogP contribution in [0, 0.1) is 0 Å². The quantitative estimate of drug-likeness (QED) is 0.755.